The molecule has 0 saturated heterocycles. The van der Waals surface area contributed by atoms with Gasteiger partial charge in [0, 0.05) is 35.5 Å². The van der Waals surface area contributed by atoms with Gasteiger partial charge in [-0.2, -0.15) is 5.26 Å². The van der Waals surface area contributed by atoms with Gasteiger partial charge in [-0.1, -0.05) is 30.3 Å². The maximum atomic E-state index is 13.2. The molecule has 3 N–H and O–H groups in total. The van der Waals surface area contributed by atoms with Crippen LogP contribution in [0.15, 0.2) is 54.1 Å². The molecular formula is C27H36N4O3. The molecule has 0 saturated carbocycles. The van der Waals surface area contributed by atoms with Crippen LogP contribution in [0.3, 0.4) is 0 Å². The molecule has 0 bridgehead atoms. The molecule has 0 radical (unpaired) electrons. The Morgan fingerprint density at radius 1 is 1.06 bits per heavy atom. The van der Waals surface area contributed by atoms with E-state index in [4.69, 9.17) is 5.26 Å². The van der Waals surface area contributed by atoms with Gasteiger partial charge in [0.1, 0.15) is 0 Å². The number of Topliss-reactive ketones (excluding diaryl/α,β-unsaturated/α-hetero) is 1. The SMILES string of the molecule is CC(=O)NCCNC(=O)Nc1cc(C(=O)C2=CCCC(c3ccc(C#N)cc3)CC2)ccc1C.[HH].[HH].[HH]. The predicted octanol–water partition coefficient (Wildman–Crippen LogP) is 5.33. The number of amides is 3. The molecule has 0 fully saturated rings. The highest BCUT2D eigenvalue weighted by Crippen LogP contribution is 2.33. The van der Waals surface area contributed by atoms with Crippen LogP contribution in [0.4, 0.5) is 10.5 Å². The van der Waals surface area contributed by atoms with E-state index in [2.05, 4.69) is 22.0 Å². The molecule has 3 amide bonds. The number of nitrogens with one attached hydrogen (secondary N) is 3. The molecule has 1 aliphatic rings. The number of nitriles is 1. The standard InChI is InChI=1S/C27H30N4O3.3H2/c1-18-6-9-24(16-25(18)31-27(34)30-15-14-29-19(2)32)26(33)23-5-3-4-21(12-13-23)22-10-7-20(17-28)8-11-22;;;/h5-11,16,21H,3-4,12-15H2,1-2H3,(H,29,32)(H2,30,31,34);3*1H. The smallest absolute Gasteiger partial charge is 0.319 e. The summed E-state index contributed by atoms with van der Waals surface area (Å²) in [4.78, 5) is 36.3. The van der Waals surface area contributed by atoms with E-state index in [-0.39, 0.29) is 16.0 Å². The average molecular weight is 465 g/mol. The third-order valence-corrected chi connectivity index (χ3v) is 6.00. The van der Waals surface area contributed by atoms with Gasteiger partial charge in [0.25, 0.3) is 0 Å². The molecule has 0 aliphatic heterocycles. The highest BCUT2D eigenvalue weighted by molar-refractivity contribution is 6.09. The van der Waals surface area contributed by atoms with E-state index in [1.165, 1.54) is 12.5 Å². The van der Waals surface area contributed by atoms with Crippen LogP contribution in [0.1, 0.15) is 69.9 Å². The molecule has 1 atom stereocenters. The van der Waals surface area contributed by atoms with E-state index in [0.717, 1.165) is 30.4 Å². The lowest BCUT2D eigenvalue weighted by atomic mass is 9.90. The van der Waals surface area contributed by atoms with E-state index in [1.54, 1.807) is 12.1 Å². The Morgan fingerprint density at radius 3 is 2.50 bits per heavy atom. The number of hydrogen-bond donors (Lipinski definition) is 3. The summed E-state index contributed by atoms with van der Waals surface area (Å²) in [6, 6.07) is 14.8. The van der Waals surface area contributed by atoms with Gasteiger partial charge in [-0.15, -0.1) is 0 Å². The van der Waals surface area contributed by atoms with Crippen LogP contribution in [-0.4, -0.2) is 30.8 Å². The first-order valence-corrected chi connectivity index (χ1v) is 11.5. The average Bonchev–Trinajstić information content (AvgIpc) is 3.09. The first-order valence-electron chi connectivity index (χ1n) is 11.5. The van der Waals surface area contributed by atoms with Crippen LogP contribution in [0.25, 0.3) is 0 Å². The second-order valence-electron chi connectivity index (χ2n) is 8.50. The topological polar surface area (TPSA) is 111 Å². The van der Waals surface area contributed by atoms with Gasteiger partial charge in [-0.05, 0) is 73.4 Å². The number of ketones is 1. The predicted molar refractivity (Wildman–Crippen MR) is 138 cm³/mol. The minimum absolute atomic E-state index is 0. The van der Waals surface area contributed by atoms with E-state index in [0.29, 0.717) is 42.2 Å². The lowest BCUT2D eigenvalue weighted by Crippen LogP contribution is -2.36. The number of rotatable bonds is 7. The lowest BCUT2D eigenvalue weighted by molar-refractivity contribution is -0.118. The highest BCUT2D eigenvalue weighted by atomic mass is 16.2. The molecule has 0 aromatic heterocycles. The van der Waals surface area contributed by atoms with Gasteiger partial charge >= 0.3 is 6.03 Å². The van der Waals surface area contributed by atoms with E-state index in [1.807, 2.05) is 43.3 Å². The fraction of sp³-hybridized carbons (Fsp3) is 0.333. The summed E-state index contributed by atoms with van der Waals surface area (Å²) < 4.78 is 0. The van der Waals surface area contributed by atoms with Crippen LogP contribution < -0.4 is 16.0 Å². The monoisotopic (exact) mass is 464 g/mol. The number of aryl methyl sites for hydroxylation is 1. The number of nitrogens with zero attached hydrogens (tertiary/aromatic N) is 1. The second kappa shape index (κ2) is 11.8. The number of anilines is 1. The fourth-order valence-electron chi connectivity index (χ4n) is 4.07. The largest absolute Gasteiger partial charge is 0.355 e. The Bertz CT molecular complexity index is 1140. The van der Waals surface area contributed by atoms with Crippen molar-refractivity contribution in [2.45, 2.75) is 45.4 Å². The minimum atomic E-state index is -0.392. The van der Waals surface area contributed by atoms with Crippen molar-refractivity contribution in [3.05, 3.63) is 76.4 Å². The Hall–Kier alpha value is -3.92. The number of carbonyl (C=O) groups is 3. The zero-order valence-electron chi connectivity index (χ0n) is 19.6. The Kier molecular flexibility index (Phi) is 8.58. The first-order chi connectivity index (χ1) is 16.4. The summed E-state index contributed by atoms with van der Waals surface area (Å²) in [7, 11) is 0. The molecule has 0 heterocycles. The van der Waals surface area contributed by atoms with Gasteiger partial charge < -0.3 is 16.0 Å². The van der Waals surface area contributed by atoms with Crippen LogP contribution >= 0.6 is 0 Å². The molecule has 34 heavy (non-hydrogen) atoms. The molecule has 7 heteroatoms. The summed E-state index contributed by atoms with van der Waals surface area (Å²) in [6.07, 6.45) is 5.37. The number of benzene rings is 2. The van der Waals surface area contributed by atoms with Gasteiger partial charge in [-0.25, -0.2) is 4.79 Å². The molecule has 1 unspecified atom stereocenters. The summed E-state index contributed by atoms with van der Waals surface area (Å²) in [5, 5.41) is 17.1. The third-order valence-electron chi connectivity index (χ3n) is 6.00. The van der Waals surface area contributed by atoms with Gasteiger partial charge in [-0.3, -0.25) is 9.59 Å². The van der Waals surface area contributed by atoms with Crippen molar-refractivity contribution in [2.24, 2.45) is 0 Å². The number of carbonyl (C=O) groups excluding carboxylic acids is 3. The van der Waals surface area contributed by atoms with Crippen molar-refractivity contribution in [3.8, 4) is 6.07 Å². The number of allylic oxidation sites excluding steroid dienone is 2. The van der Waals surface area contributed by atoms with Crippen LogP contribution in [0, 0.1) is 18.3 Å². The van der Waals surface area contributed by atoms with Crippen molar-refractivity contribution in [1.29, 1.82) is 5.26 Å². The summed E-state index contributed by atoms with van der Waals surface area (Å²) in [6.45, 7) is 3.94. The van der Waals surface area contributed by atoms with E-state index in [9.17, 15) is 14.4 Å². The van der Waals surface area contributed by atoms with Gasteiger partial charge in [0.05, 0.1) is 11.6 Å². The number of hydrogen-bond acceptors (Lipinski definition) is 4. The quantitative estimate of drug-likeness (QED) is 0.380. The Labute approximate surface area is 204 Å². The van der Waals surface area contributed by atoms with Crippen LogP contribution in [-0.2, 0) is 4.79 Å². The zero-order chi connectivity index (χ0) is 24.5. The third kappa shape index (κ3) is 6.79. The van der Waals surface area contributed by atoms with Crippen molar-refractivity contribution < 1.29 is 18.7 Å². The highest BCUT2D eigenvalue weighted by Gasteiger charge is 2.20. The Morgan fingerprint density at radius 2 is 1.79 bits per heavy atom. The molecule has 2 aromatic rings. The molecule has 7 nitrogen and oxygen atoms in total. The van der Waals surface area contributed by atoms with Crippen molar-refractivity contribution in [2.75, 3.05) is 18.4 Å². The molecule has 182 valence electrons. The van der Waals surface area contributed by atoms with Crippen molar-refractivity contribution in [3.63, 3.8) is 0 Å². The lowest BCUT2D eigenvalue weighted by Gasteiger charge is -2.15. The summed E-state index contributed by atoms with van der Waals surface area (Å²) in [5.41, 5.74) is 4.62. The molecule has 2 aromatic carbocycles. The van der Waals surface area contributed by atoms with Crippen molar-refractivity contribution >= 4 is 23.4 Å². The van der Waals surface area contributed by atoms with Crippen LogP contribution in [0.2, 0.25) is 0 Å². The van der Waals surface area contributed by atoms with Gasteiger partial charge in [0.2, 0.25) is 5.91 Å². The molecule has 0 spiro atoms. The van der Waals surface area contributed by atoms with E-state index < -0.39 is 6.03 Å². The summed E-state index contributed by atoms with van der Waals surface area (Å²) in [5.74, 6) is 0.181. The molecule has 3 rings (SSSR count). The van der Waals surface area contributed by atoms with E-state index >= 15 is 0 Å². The van der Waals surface area contributed by atoms with Crippen LogP contribution in [0.5, 0.6) is 0 Å². The first kappa shape index (κ1) is 24.7. The molecule has 1 aliphatic carbocycles. The fourth-order valence-corrected chi connectivity index (χ4v) is 4.07. The second-order valence-corrected chi connectivity index (χ2v) is 8.50. The zero-order valence-corrected chi connectivity index (χ0v) is 19.6. The minimum Gasteiger partial charge on any atom is -0.355 e. The molecular weight excluding hydrogens is 428 g/mol. The maximum absolute atomic E-state index is 13.2. The maximum Gasteiger partial charge on any atom is 0.319 e. The van der Waals surface area contributed by atoms with Gasteiger partial charge in [0.15, 0.2) is 5.78 Å². The Balaban J connectivity index is 0.00000432. The summed E-state index contributed by atoms with van der Waals surface area (Å²) >= 11 is 0. The van der Waals surface area contributed by atoms with Crippen molar-refractivity contribution in [1.82, 2.24) is 10.6 Å². The number of urea groups is 1. The normalized spacial score (nSPS) is 15.3.